The number of likely N-dealkylation sites (N-methyl/N-ethyl adjacent to an activating group) is 1. The van der Waals surface area contributed by atoms with Crippen LogP contribution in [0.4, 0.5) is 18.0 Å². The SMILES string of the molecule is Cc1ccc(C2=NN(C(=O)N[C@H](C)c3ccc(C(F)(F)F)nc3)CC2N2CCN(C)CC2=O)cc1. The molecule has 1 N–H and O–H groups in total. The number of alkyl halides is 3. The van der Waals surface area contributed by atoms with Crippen LogP contribution >= 0.6 is 0 Å². The Morgan fingerprint density at radius 1 is 1.14 bits per heavy atom. The third-order valence-electron chi connectivity index (χ3n) is 6.21. The average Bonchev–Trinajstić information content (AvgIpc) is 3.24. The van der Waals surface area contributed by atoms with E-state index in [-0.39, 0.29) is 12.5 Å². The number of aryl methyl sites for hydroxylation is 1. The molecule has 0 radical (unpaired) electrons. The van der Waals surface area contributed by atoms with Crippen LogP contribution in [0.15, 0.2) is 47.7 Å². The summed E-state index contributed by atoms with van der Waals surface area (Å²) in [4.78, 5) is 33.0. The molecule has 3 amide bonds. The van der Waals surface area contributed by atoms with Crippen molar-refractivity contribution in [2.75, 3.05) is 33.2 Å². The number of aromatic nitrogens is 1. The number of amides is 3. The van der Waals surface area contributed by atoms with E-state index >= 15 is 0 Å². The first-order valence-corrected chi connectivity index (χ1v) is 11.3. The third kappa shape index (κ3) is 5.45. The first-order chi connectivity index (χ1) is 16.5. The summed E-state index contributed by atoms with van der Waals surface area (Å²) in [6.45, 7) is 5.34. The lowest BCUT2D eigenvalue weighted by Gasteiger charge is -2.36. The first-order valence-electron chi connectivity index (χ1n) is 11.3. The van der Waals surface area contributed by atoms with Gasteiger partial charge in [0.1, 0.15) is 5.69 Å². The molecule has 0 spiro atoms. The molecule has 2 atom stereocenters. The lowest BCUT2D eigenvalue weighted by atomic mass is 10.0. The maximum atomic E-state index is 13.0. The summed E-state index contributed by atoms with van der Waals surface area (Å²) in [6.07, 6.45) is -3.43. The predicted octanol–water partition coefficient (Wildman–Crippen LogP) is 3.04. The number of piperazine rings is 1. The molecule has 1 aromatic heterocycles. The fourth-order valence-corrected chi connectivity index (χ4v) is 4.14. The largest absolute Gasteiger partial charge is 0.433 e. The van der Waals surface area contributed by atoms with E-state index in [9.17, 15) is 22.8 Å². The maximum absolute atomic E-state index is 13.0. The number of rotatable bonds is 4. The Balaban J connectivity index is 1.53. The van der Waals surface area contributed by atoms with Gasteiger partial charge in [-0.1, -0.05) is 35.9 Å². The number of carbonyl (C=O) groups excluding carboxylic acids is 2. The number of urea groups is 1. The Kier molecular flexibility index (Phi) is 6.79. The van der Waals surface area contributed by atoms with Crippen LogP contribution in [0.1, 0.15) is 35.3 Å². The summed E-state index contributed by atoms with van der Waals surface area (Å²) in [5, 5.41) is 8.60. The molecule has 11 heteroatoms. The summed E-state index contributed by atoms with van der Waals surface area (Å²) < 4.78 is 38.4. The van der Waals surface area contributed by atoms with Gasteiger partial charge in [-0.05, 0) is 38.1 Å². The van der Waals surface area contributed by atoms with Gasteiger partial charge in [0.2, 0.25) is 5.91 Å². The summed E-state index contributed by atoms with van der Waals surface area (Å²) >= 11 is 0. The molecule has 8 nitrogen and oxygen atoms in total. The fraction of sp³-hybridized carbons (Fsp3) is 0.417. The number of pyridine rings is 1. The van der Waals surface area contributed by atoms with Gasteiger partial charge in [0.05, 0.1) is 30.9 Å². The van der Waals surface area contributed by atoms with Crippen molar-refractivity contribution in [3.8, 4) is 0 Å². The highest BCUT2D eigenvalue weighted by atomic mass is 19.4. The van der Waals surface area contributed by atoms with Crippen LogP contribution in [0, 0.1) is 6.92 Å². The van der Waals surface area contributed by atoms with Crippen molar-refractivity contribution in [2.45, 2.75) is 32.1 Å². The van der Waals surface area contributed by atoms with Crippen molar-refractivity contribution in [2.24, 2.45) is 5.10 Å². The van der Waals surface area contributed by atoms with Gasteiger partial charge in [-0.2, -0.15) is 18.3 Å². The van der Waals surface area contributed by atoms with E-state index in [1.165, 1.54) is 11.1 Å². The second kappa shape index (κ2) is 9.65. The van der Waals surface area contributed by atoms with E-state index < -0.39 is 30.0 Å². The van der Waals surface area contributed by atoms with Gasteiger partial charge in [0.25, 0.3) is 0 Å². The van der Waals surface area contributed by atoms with Gasteiger partial charge >= 0.3 is 12.2 Å². The van der Waals surface area contributed by atoms with E-state index in [0.29, 0.717) is 30.9 Å². The Morgan fingerprint density at radius 3 is 2.46 bits per heavy atom. The highest BCUT2D eigenvalue weighted by molar-refractivity contribution is 6.08. The second-order valence-corrected chi connectivity index (χ2v) is 8.92. The smallest absolute Gasteiger partial charge is 0.330 e. The van der Waals surface area contributed by atoms with Gasteiger partial charge in [-0.3, -0.25) is 14.7 Å². The number of benzene rings is 1. The molecular formula is C24H27F3N6O2. The van der Waals surface area contributed by atoms with Crippen molar-refractivity contribution >= 4 is 17.6 Å². The summed E-state index contributed by atoms with van der Waals surface area (Å²) in [5.74, 6) is -0.0324. The van der Waals surface area contributed by atoms with Crippen LogP contribution in [-0.4, -0.2) is 76.7 Å². The number of hydrogen-bond donors (Lipinski definition) is 1. The molecule has 2 aliphatic heterocycles. The summed E-state index contributed by atoms with van der Waals surface area (Å²) in [7, 11) is 1.89. The number of carbonyl (C=O) groups is 2. The Labute approximate surface area is 201 Å². The van der Waals surface area contributed by atoms with Gasteiger partial charge in [0.15, 0.2) is 0 Å². The van der Waals surface area contributed by atoms with Crippen molar-refractivity contribution in [1.29, 1.82) is 0 Å². The Bertz CT molecular complexity index is 1120. The zero-order chi connectivity index (χ0) is 25.3. The molecule has 2 aliphatic rings. The molecular weight excluding hydrogens is 461 g/mol. The normalized spacial score (nSPS) is 20.1. The number of nitrogens with zero attached hydrogens (tertiary/aromatic N) is 5. The zero-order valence-electron chi connectivity index (χ0n) is 19.7. The molecule has 1 saturated heterocycles. The van der Waals surface area contributed by atoms with Crippen LogP contribution in [0.5, 0.6) is 0 Å². The Hall–Kier alpha value is -3.47. The van der Waals surface area contributed by atoms with Crippen molar-refractivity contribution in [1.82, 2.24) is 25.1 Å². The molecule has 1 unspecified atom stereocenters. The number of nitrogens with one attached hydrogen (secondary N) is 1. The molecule has 0 saturated carbocycles. The molecule has 186 valence electrons. The lowest BCUT2D eigenvalue weighted by molar-refractivity contribution is -0.141. The van der Waals surface area contributed by atoms with E-state index in [1.54, 1.807) is 11.8 Å². The van der Waals surface area contributed by atoms with Crippen molar-refractivity contribution < 1.29 is 22.8 Å². The van der Waals surface area contributed by atoms with Crippen molar-refractivity contribution in [3.63, 3.8) is 0 Å². The lowest BCUT2D eigenvalue weighted by Crippen LogP contribution is -2.56. The van der Waals surface area contributed by atoms with Gasteiger partial charge in [-0.15, -0.1) is 0 Å². The number of halogens is 3. The van der Waals surface area contributed by atoms with E-state index in [0.717, 1.165) is 23.4 Å². The van der Waals surface area contributed by atoms with Crippen LogP contribution in [0.25, 0.3) is 0 Å². The zero-order valence-corrected chi connectivity index (χ0v) is 19.7. The van der Waals surface area contributed by atoms with Crippen LogP contribution in [0.2, 0.25) is 0 Å². The quantitative estimate of drug-likeness (QED) is 0.718. The van der Waals surface area contributed by atoms with Gasteiger partial charge in [-0.25, -0.2) is 9.80 Å². The van der Waals surface area contributed by atoms with Gasteiger partial charge < -0.3 is 10.2 Å². The highest BCUT2D eigenvalue weighted by Crippen LogP contribution is 2.28. The predicted molar refractivity (Wildman–Crippen MR) is 124 cm³/mol. The van der Waals surface area contributed by atoms with Crippen LogP contribution in [-0.2, 0) is 11.0 Å². The standard InChI is InChI=1S/C24H27F3N6O2/c1-15-4-6-17(7-5-15)22-19(32-11-10-31(3)14-21(32)34)13-33(30-22)23(35)29-16(2)18-8-9-20(28-12-18)24(25,26)27/h4-9,12,16,19H,10-11,13-14H2,1-3H3,(H,29,35)/t16-,19?/m1/s1. The maximum Gasteiger partial charge on any atom is 0.433 e. The van der Waals surface area contributed by atoms with Crippen LogP contribution < -0.4 is 5.32 Å². The van der Waals surface area contributed by atoms with E-state index in [4.69, 9.17) is 0 Å². The summed E-state index contributed by atoms with van der Waals surface area (Å²) in [5.41, 5.74) is 1.96. The topological polar surface area (TPSA) is 81.1 Å². The minimum Gasteiger partial charge on any atom is -0.330 e. The number of hydrazone groups is 1. The minimum absolute atomic E-state index is 0.0324. The minimum atomic E-state index is -4.53. The van der Waals surface area contributed by atoms with Crippen molar-refractivity contribution in [3.05, 3.63) is 65.0 Å². The Morgan fingerprint density at radius 2 is 1.86 bits per heavy atom. The van der Waals surface area contributed by atoms with E-state index in [1.807, 2.05) is 43.1 Å². The molecule has 0 aliphatic carbocycles. The highest BCUT2D eigenvalue weighted by Gasteiger charge is 2.39. The number of hydrogen-bond acceptors (Lipinski definition) is 5. The van der Waals surface area contributed by atoms with E-state index in [2.05, 4.69) is 15.4 Å². The van der Waals surface area contributed by atoms with Gasteiger partial charge in [0, 0.05) is 19.3 Å². The molecule has 2 aromatic rings. The summed E-state index contributed by atoms with van der Waals surface area (Å²) in [6, 6.07) is 8.40. The molecule has 0 bridgehead atoms. The molecule has 3 heterocycles. The third-order valence-corrected chi connectivity index (χ3v) is 6.21. The molecule has 4 rings (SSSR count). The monoisotopic (exact) mass is 488 g/mol. The first kappa shape index (κ1) is 24.6. The molecule has 35 heavy (non-hydrogen) atoms. The second-order valence-electron chi connectivity index (χ2n) is 8.92. The molecule has 1 aromatic carbocycles. The molecule has 1 fully saturated rings. The fourth-order valence-electron chi connectivity index (χ4n) is 4.14. The van der Waals surface area contributed by atoms with Crippen LogP contribution in [0.3, 0.4) is 0 Å². The average molecular weight is 489 g/mol.